The standard InChI is InChI=1S/C14H13BrN2O2/c1-9-7-10(2)17(14(19)16-9)8-13(18)11-3-5-12(15)6-4-11/h3-7H,8H2,1-2H3. The molecule has 0 radical (unpaired) electrons. The molecule has 98 valence electrons. The van der Waals surface area contributed by atoms with Gasteiger partial charge in [0.15, 0.2) is 5.78 Å². The lowest BCUT2D eigenvalue weighted by Crippen LogP contribution is -2.28. The van der Waals surface area contributed by atoms with Crippen molar-refractivity contribution >= 4 is 21.7 Å². The van der Waals surface area contributed by atoms with Crippen molar-refractivity contribution in [3.8, 4) is 0 Å². The van der Waals surface area contributed by atoms with Crippen LogP contribution in [-0.4, -0.2) is 15.3 Å². The fourth-order valence-corrected chi connectivity index (χ4v) is 2.10. The highest BCUT2D eigenvalue weighted by Gasteiger charge is 2.10. The van der Waals surface area contributed by atoms with Gasteiger partial charge in [-0.25, -0.2) is 4.79 Å². The van der Waals surface area contributed by atoms with Gasteiger partial charge in [-0.1, -0.05) is 28.1 Å². The van der Waals surface area contributed by atoms with Gasteiger partial charge in [0.1, 0.15) is 0 Å². The zero-order chi connectivity index (χ0) is 14.0. The molecule has 0 aliphatic carbocycles. The number of carbonyl (C=O) groups is 1. The average molecular weight is 321 g/mol. The van der Waals surface area contributed by atoms with Crippen molar-refractivity contribution in [2.45, 2.75) is 20.4 Å². The van der Waals surface area contributed by atoms with Crippen LogP contribution in [0.25, 0.3) is 0 Å². The number of Topliss-reactive ketones (excluding diaryl/α,β-unsaturated/α-hetero) is 1. The van der Waals surface area contributed by atoms with E-state index < -0.39 is 0 Å². The van der Waals surface area contributed by atoms with E-state index in [1.807, 2.05) is 0 Å². The molecule has 19 heavy (non-hydrogen) atoms. The Morgan fingerprint density at radius 1 is 1.26 bits per heavy atom. The lowest BCUT2D eigenvalue weighted by molar-refractivity contribution is 0.0969. The second-order valence-electron chi connectivity index (χ2n) is 4.34. The van der Waals surface area contributed by atoms with E-state index in [1.165, 1.54) is 4.57 Å². The van der Waals surface area contributed by atoms with E-state index in [-0.39, 0.29) is 18.0 Å². The monoisotopic (exact) mass is 320 g/mol. The highest BCUT2D eigenvalue weighted by atomic mass is 79.9. The second-order valence-corrected chi connectivity index (χ2v) is 5.25. The van der Waals surface area contributed by atoms with Crippen LogP contribution in [0.3, 0.4) is 0 Å². The second kappa shape index (κ2) is 5.48. The minimum atomic E-state index is -0.386. The molecule has 0 fully saturated rings. The summed E-state index contributed by atoms with van der Waals surface area (Å²) in [5.41, 5.74) is 1.59. The quantitative estimate of drug-likeness (QED) is 0.816. The summed E-state index contributed by atoms with van der Waals surface area (Å²) in [5, 5.41) is 0. The molecule has 1 aromatic heterocycles. The third-order valence-electron chi connectivity index (χ3n) is 2.81. The number of rotatable bonds is 3. The van der Waals surface area contributed by atoms with Gasteiger partial charge in [0.05, 0.1) is 6.54 Å². The first-order valence-electron chi connectivity index (χ1n) is 5.81. The number of nitrogens with zero attached hydrogens (tertiary/aromatic N) is 2. The summed E-state index contributed by atoms with van der Waals surface area (Å²) >= 11 is 3.32. The normalized spacial score (nSPS) is 10.5. The van der Waals surface area contributed by atoms with E-state index >= 15 is 0 Å². The van der Waals surface area contributed by atoms with Crippen LogP contribution in [0, 0.1) is 13.8 Å². The largest absolute Gasteiger partial charge is 0.348 e. The summed E-state index contributed by atoms with van der Waals surface area (Å²) < 4.78 is 2.30. The minimum Gasteiger partial charge on any atom is -0.292 e. The first-order chi connectivity index (χ1) is 8.97. The van der Waals surface area contributed by atoms with E-state index in [0.717, 1.165) is 10.2 Å². The Bertz CT molecular complexity index is 675. The van der Waals surface area contributed by atoms with E-state index in [2.05, 4.69) is 20.9 Å². The molecular weight excluding hydrogens is 308 g/mol. The fraction of sp³-hybridized carbons (Fsp3) is 0.214. The lowest BCUT2D eigenvalue weighted by atomic mass is 10.1. The summed E-state index contributed by atoms with van der Waals surface area (Å²) in [4.78, 5) is 27.7. The molecule has 2 aromatic rings. The smallest absolute Gasteiger partial charge is 0.292 e. The summed E-state index contributed by atoms with van der Waals surface area (Å²) in [6.07, 6.45) is 0. The van der Waals surface area contributed by atoms with Crippen LogP contribution in [0.15, 0.2) is 39.6 Å². The Balaban J connectivity index is 2.29. The van der Waals surface area contributed by atoms with Crippen LogP contribution < -0.4 is 5.69 Å². The molecule has 0 amide bonds. The van der Waals surface area contributed by atoms with Crippen LogP contribution in [0.1, 0.15) is 21.7 Å². The van der Waals surface area contributed by atoms with Crippen LogP contribution in [0.2, 0.25) is 0 Å². The fourth-order valence-electron chi connectivity index (χ4n) is 1.84. The van der Waals surface area contributed by atoms with E-state index in [0.29, 0.717) is 11.3 Å². The molecule has 5 heteroatoms. The molecule has 0 aliphatic rings. The van der Waals surface area contributed by atoms with Crippen molar-refractivity contribution in [2.24, 2.45) is 0 Å². The van der Waals surface area contributed by atoms with E-state index in [4.69, 9.17) is 0 Å². The SMILES string of the molecule is Cc1cc(C)n(CC(=O)c2ccc(Br)cc2)c(=O)n1. The third-order valence-corrected chi connectivity index (χ3v) is 3.34. The molecule has 0 saturated carbocycles. The van der Waals surface area contributed by atoms with Crippen molar-refractivity contribution in [2.75, 3.05) is 0 Å². The number of benzene rings is 1. The van der Waals surface area contributed by atoms with Crippen molar-refractivity contribution < 1.29 is 4.79 Å². The number of halogens is 1. The molecule has 0 aliphatic heterocycles. The molecule has 0 N–H and O–H groups in total. The number of aromatic nitrogens is 2. The number of aryl methyl sites for hydroxylation is 2. The lowest BCUT2D eigenvalue weighted by Gasteiger charge is -2.09. The van der Waals surface area contributed by atoms with Crippen LogP contribution in [0.4, 0.5) is 0 Å². The maximum atomic E-state index is 12.1. The summed E-state index contributed by atoms with van der Waals surface area (Å²) in [6, 6.07) is 8.85. The van der Waals surface area contributed by atoms with Gasteiger partial charge in [0.25, 0.3) is 0 Å². The molecule has 4 nitrogen and oxygen atoms in total. The van der Waals surface area contributed by atoms with E-state index in [9.17, 15) is 9.59 Å². The first kappa shape index (κ1) is 13.7. The topological polar surface area (TPSA) is 52.0 Å². The zero-order valence-corrected chi connectivity index (χ0v) is 12.3. The van der Waals surface area contributed by atoms with Gasteiger partial charge in [-0.2, -0.15) is 4.98 Å². The molecule has 1 heterocycles. The highest BCUT2D eigenvalue weighted by Crippen LogP contribution is 2.11. The van der Waals surface area contributed by atoms with Gasteiger partial charge < -0.3 is 0 Å². The van der Waals surface area contributed by atoms with Gasteiger partial charge in [0, 0.05) is 21.4 Å². The zero-order valence-electron chi connectivity index (χ0n) is 10.7. The van der Waals surface area contributed by atoms with Gasteiger partial charge in [-0.3, -0.25) is 9.36 Å². The Labute approximate surface area is 119 Å². The summed E-state index contributed by atoms with van der Waals surface area (Å²) in [5.74, 6) is -0.108. The molecule has 2 rings (SSSR count). The van der Waals surface area contributed by atoms with Gasteiger partial charge in [0.2, 0.25) is 0 Å². The molecule has 0 unspecified atom stereocenters. The average Bonchev–Trinajstić information content (AvgIpc) is 2.34. The van der Waals surface area contributed by atoms with Crippen molar-refractivity contribution in [3.63, 3.8) is 0 Å². The van der Waals surface area contributed by atoms with Crippen LogP contribution in [-0.2, 0) is 6.54 Å². The number of hydrogen-bond donors (Lipinski definition) is 0. The van der Waals surface area contributed by atoms with Crippen molar-refractivity contribution in [1.29, 1.82) is 0 Å². The maximum absolute atomic E-state index is 12.1. The Hall–Kier alpha value is -1.75. The van der Waals surface area contributed by atoms with Crippen molar-refractivity contribution in [1.82, 2.24) is 9.55 Å². The highest BCUT2D eigenvalue weighted by molar-refractivity contribution is 9.10. The molecule has 1 aromatic carbocycles. The summed E-state index contributed by atoms with van der Waals surface area (Å²) in [7, 11) is 0. The number of ketones is 1. The molecule has 0 atom stereocenters. The molecular formula is C14H13BrN2O2. The Morgan fingerprint density at radius 2 is 1.89 bits per heavy atom. The molecule has 0 saturated heterocycles. The van der Waals surface area contributed by atoms with Gasteiger partial charge >= 0.3 is 5.69 Å². The number of carbonyl (C=O) groups excluding carboxylic acids is 1. The van der Waals surface area contributed by atoms with Crippen LogP contribution >= 0.6 is 15.9 Å². The predicted molar refractivity (Wildman–Crippen MR) is 76.4 cm³/mol. The van der Waals surface area contributed by atoms with Gasteiger partial charge in [-0.15, -0.1) is 0 Å². The summed E-state index contributed by atoms with van der Waals surface area (Å²) in [6.45, 7) is 3.57. The number of hydrogen-bond acceptors (Lipinski definition) is 3. The molecule has 0 bridgehead atoms. The van der Waals surface area contributed by atoms with E-state index in [1.54, 1.807) is 44.2 Å². The Morgan fingerprint density at radius 3 is 2.47 bits per heavy atom. The first-order valence-corrected chi connectivity index (χ1v) is 6.60. The Kier molecular flexibility index (Phi) is 3.95. The molecule has 0 spiro atoms. The van der Waals surface area contributed by atoms with Gasteiger partial charge in [-0.05, 0) is 32.0 Å². The van der Waals surface area contributed by atoms with Crippen molar-refractivity contribution in [3.05, 3.63) is 62.2 Å². The maximum Gasteiger partial charge on any atom is 0.348 e. The predicted octanol–water partition coefficient (Wildman–Crippen LogP) is 2.51. The van der Waals surface area contributed by atoms with Crippen LogP contribution in [0.5, 0.6) is 0 Å². The third kappa shape index (κ3) is 3.17. The minimum absolute atomic E-state index is 0.0135.